The summed E-state index contributed by atoms with van der Waals surface area (Å²) in [5, 5.41) is 1.44. The van der Waals surface area contributed by atoms with Crippen molar-refractivity contribution in [3.8, 4) is 0 Å². The van der Waals surface area contributed by atoms with Gasteiger partial charge in [-0.3, -0.25) is 11.3 Å². The molecule has 0 amide bonds. The van der Waals surface area contributed by atoms with E-state index in [-0.39, 0.29) is 6.04 Å². The monoisotopic (exact) mass is 340 g/mol. The fourth-order valence-electron chi connectivity index (χ4n) is 2.85. The highest BCUT2D eigenvalue weighted by atomic mass is 35.5. The van der Waals surface area contributed by atoms with Crippen molar-refractivity contribution in [3.63, 3.8) is 0 Å². The van der Waals surface area contributed by atoms with Crippen molar-refractivity contribution >= 4 is 34.5 Å². The van der Waals surface area contributed by atoms with Crippen molar-refractivity contribution in [2.45, 2.75) is 38.1 Å². The minimum absolute atomic E-state index is 0.0802. The van der Waals surface area contributed by atoms with Crippen molar-refractivity contribution < 1.29 is 0 Å². The van der Waals surface area contributed by atoms with Gasteiger partial charge in [0.2, 0.25) is 0 Å². The molecule has 3 rings (SSSR count). The summed E-state index contributed by atoms with van der Waals surface area (Å²) in [6.45, 7) is 0. The fraction of sp³-hybridized carbons (Fsp3) is 0.375. The Morgan fingerprint density at radius 3 is 2.76 bits per heavy atom. The molecule has 1 aliphatic carbocycles. The molecule has 1 heterocycles. The average Bonchev–Trinajstić information content (AvgIpc) is 2.91. The van der Waals surface area contributed by atoms with E-state index in [2.05, 4.69) is 11.5 Å². The predicted octanol–water partition coefficient (Wildman–Crippen LogP) is 4.68. The zero-order chi connectivity index (χ0) is 14.8. The third kappa shape index (κ3) is 3.43. The molecular formula is C16H18Cl2N2S. The van der Waals surface area contributed by atoms with Gasteiger partial charge in [0.25, 0.3) is 0 Å². The number of benzene rings is 1. The van der Waals surface area contributed by atoms with E-state index in [1.54, 1.807) is 0 Å². The second-order valence-electron chi connectivity index (χ2n) is 5.46. The minimum Gasteiger partial charge on any atom is -0.271 e. The van der Waals surface area contributed by atoms with Crippen LogP contribution in [0, 0.1) is 0 Å². The van der Waals surface area contributed by atoms with Gasteiger partial charge in [-0.1, -0.05) is 23.2 Å². The van der Waals surface area contributed by atoms with Gasteiger partial charge in [-0.15, -0.1) is 11.3 Å². The molecule has 0 bridgehead atoms. The fourth-order valence-corrected chi connectivity index (χ4v) is 4.55. The van der Waals surface area contributed by atoms with Crippen LogP contribution >= 0.6 is 34.5 Å². The van der Waals surface area contributed by atoms with E-state index in [0.29, 0.717) is 5.02 Å². The lowest BCUT2D eigenvalue weighted by molar-refractivity contribution is 0.560. The Morgan fingerprint density at radius 1 is 1.19 bits per heavy atom. The maximum absolute atomic E-state index is 6.26. The van der Waals surface area contributed by atoms with Gasteiger partial charge in [0.1, 0.15) is 0 Å². The lowest BCUT2D eigenvalue weighted by Gasteiger charge is -2.15. The molecule has 1 atom stereocenters. The molecule has 2 aromatic rings. The summed E-state index contributed by atoms with van der Waals surface area (Å²) in [5.41, 5.74) is 5.46. The summed E-state index contributed by atoms with van der Waals surface area (Å²) >= 11 is 14.2. The number of rotatable bonds is 4. The number of hydrogen-bond acceptors (Lipinski definition) is 3. The van der Waals surface area contributed by atoms with Gasteiger partial charge >= 0.3 is 0 Å². The molecule has 0 aliphatic heterocycles. The second kappa shape index (κ2) is 6.67. The molecule has 112 valence electrons. The average molecular weight is 341 g/mol. The first kappa shape index (κ1) is 15.3. The summed E-state index contributed by atoms with van der Waals surface area (Å²) in [4.78, 5) is 2.81. The number of hydrogen-bond donors (Lipinski definition) is 2. The van der Waals surface area contributed by atoms with Gasteiger partial charge in [0.15, 0.2) is 0 Å². The van der Waals surface area contributed by atoms with Gasteiger partial charge in [-0.25, -0.2) is 0 Å². The van der Waals surface area contributed by atoms with Crippen LogP contribution in [0.3, 0.4) is 0 Å². The van der Waals surface area contributed by atoms with E-state index in [1.165, 1.54) is 41.0 Å². The van der Waals surface area contributed by atoms with E-state index in [9.17, 15) is 0 Å². The number of aryl methyl sites for hydroxylation is 2. The lowest BCUT2D eigenvalue weighted by atomic mass is 9.98. The predicted molar refractivity (Wildman–Crippen MR) is 91.2 cm³/mol. The van der Waals surface area contributed by atoms with Crippen molar-refractivity contribution in [1.82, 2.24) is 5.43 Å². The van der Waals surface area contributed by atoms with E-state index in [4.69, 9.17) is 29.0 Å². The number of hydrazine groups is 1. The first-order valence-corrected chi connectivity index (χ1v) is 8.76. The largest absolute Gasteiger partial charge is 0.271 e. The minimum atomic E-state index is 0.0802. The molecule has 1 aliphatic rings. The third-order valence-corrected chi connectivity index (χ3v) is 5.95. The third-order valence-electron chi connectivity index (χ3n) is 3.99. The Balaban J connectivity index is 1.84. The van der Waals surface area contributed by atoms with Gasteiger partial charge in [0.05, 0.1) is 6.04 Å². The van der Waals surface area contributed by atoms with E-state index >= 15 is 0 Å². The highest BCUT2D eigenvalue weighted by molar-refractivity contribution is 7.12. The Bertz CT molecular complexity index is 616. The first-order valence-electron chi connectivity index (χ1n) is 7.19. The zero-order valence-electron chi connectivity index (χ0n) is 11.7. The smallest absolute Gasteiger partial charge is 0.0594 e. The lowest BCUT2D eigenvalue weighted by Crippen LogP contribution is -2.29. The van der Waals surface area contributed by atoms with Crippen molar-refractivity contribution in [1.29, 1.82) is 0 Å². The number of nitrogens with one attached hydrogen (secondary N) is 1. The molecule has 0 radical (unpaired) electrons. The van der Waals surface area contributed by atoms with Crippen LogP contribution in [0.15, 0.2) is 24.3 Å². The summed E-state index contributed by atoms with van der Waals surface area (Å²) in [6, 6.07) is 7.95. The summed E-state index contributed by atoms with van der Waals surface area (Å²) in [5.74, 6) is 5.78. The molecule has 0 spiro atoms. The molecule has 0 saturated carbocycles. The van der Waals surface area contributed by atoms with Crippen LogP contribution in [0.4, 0.5) is 0 Å². The summed E-state index contributed by atoms with van der Waals surface area (Å²) in [6.07, 6.45) is 5.74. The molecule has 1 aromatic carbocycles. The van der Waals surface area contributed by atoms with E-state index < -0.39 is 0 Å². The molecule has 2 nitrogen and oxygen atoms in total. The maximum Gasteiger partial charge on any atom is 0.0594 e. The highest BCUT2D eigenvalue weighted by Gasteiger charge is 2.19. The van der Waals surface area contributed by atoms with Crippen LogP contribution in [0.1, 0.15) is 39.8 Å². The van der Waals surface area contributed by atoms with Crippen molar-refractivity contribution in [3.05, 3.63) is 55.2 Å². The molecular weight excluding hydrogens is 323 g/mol. The standard InChI is InChI=1S/C16H18Cl2N2S/c17-12-5-6-13(18)11(7-12)8-14(20-19)16-9-10-3-1-2-4-15(10)21-16/h5-7,9,14,20H,1-4,8,19H2. The number of nitrogens with two attached hydrogens (primary N) is 1. The summed E-state index contributed by atoms with van der Waals surface area (Å²) < 4.78 is 0. The molecule has 0 saturated heterocycles. The highest BCUT2D eigenvalue weighted by Crippen LogP contribution is 2.35. The number of halogens is 2. The molecule has 21 heavy (non-hydrogen) atoms. The van der Waals surface area contributed by atoms with Crippen molar-refractivity contribution in [2.24, 2.45) is 5.84 Å². The van der Waals surface area contributed by atoms with Crippen LogP contribution < -0.4 is 11.3 Å². The molecule has 0 fully saturated rings. The SMILES string of the molecule is NNC(Cc1cc(Cl)ccc1Cl)c1cc2c(s1)CCCC2. The Hall–Kier alpha value is -0.580. The Labute approximate surface area is 139 Å². The normalized spacial score (nSPS) is 15.8. The van der Waals surface area contributed by atoms with Crippen LogP contribution in [0.25, 0.3) is 0 Å². The van der Waals surface area contributed by atoms with Gasteiger partial charge in [0, 0.05) is 19.8 Å². The second-order valence-corrected chi connectivity index (χ2v) is 7.48. The molecule has 1 aromatic heterocycles. The molecule has 5 heteroatoms. The summed E-state index contributed by atoms with van der Waals surface area (Å²) in [7, 11) is 0. The maximum atomic E-state index is 6.26. The number of fused-ring (bicyclic) bond motifs is 1. The van der Waals surface area contributed by atoms with Gasteiger partial charge < -0.3 is 0 Å². The van der Waals surface area contributed by atoms with E-state index in [1.807, 2.05) is 29.5 Å². The Morgan fingerprint density at radius 2 is 2.00 bits per heavy atom. The van der Waals surface area contributed by atoms with Crippen LogP contribution in [-0.4, -0.2) is 0 Å². The zero-order valence-corrected chi connectivity index (χ0v) is 14.0. The quantitative estimate of drug-likeness (QED) is 0.626. The van der Waals surface area contributed by atoms with Crippen LogP contribution in [0.5, 0.6) is 0 Å². The molecule has 3 N–H and O–H groups in total. The Kier molecular flexibility index (Phi) is 4.87. The topological polar surface area (TPSA) is 38.0 Å². The molecule has 1 unspecified atom stereocenters. The van der Waals surface area contributed by atoms with Crippen LogP contribution in [-0.2, 0) is 19.3 Å². The van der Waals surface area contributed by atoms with Crippen LogP contribution in [0.2, 0.25) is 10.0 Å². The van der Waals surface area contributed by atoms with Gasteiger partial charge in [-0.05, 0) is 67.5 Å². The van der Waals surface area contributed by atoms with Gasteiger partial charge in [-0.2, -0.15) is 0 Å². The first-order chi connectivity index (χ1) is 10.2. The van der Waals surface area contributed by atoms with Crippen molar-refractivity contribution in [2.75, 3.05) is 0 Å². The number of thiophene rings is 1. The van der Waals surface area contributed by atoms with E-state index in [0.717, 1.165) is 17.0 Å².